The summed E-state index contributed by atoms with van der Waals surface area (Å²) < 4.78 is 0. The van der Waals surface area contributed by atoms with Gasteiger partial charge in [-0.3, -0.25) is 9.59 Å². The number of benzene rings is 2. The van der Waals surface area contributed by atoms with Gasteiger partial charge in [0.1, 0.15) is 23.2 Å². The molecule has 6 N–H and O–H groups in total. The summed E-state index contributed by atoms with van der Waals surface area (Å²) in [5.41, 5.74) is 12.1. The van der Waals surface area contributed by atoms with Crippen LogP contribution in [-0.4, -0.2) is 39.4 Å². The molecule has 9 heteroatoms. The highest BCUT2D eigenvalue weighted by molar-refractivity contribution is 5.98. The summed E-state index contributed by atoms with van der Waals surface area (Å²) in [5, 5.41) is 9.31. The number of amides is 2. The van der Waals surface area contributed by atoms with Crippen LogP contribution in [0.25, 0.3) is 11.2 Å². The lowest BCUT2D eigenvalue weighted by Crippen LogP contribution is -2.47. The Morgan fingerprint density at radius 1 is 1.14 bits per heavy atom. The van der Waals surface area contributed by atoms with Crippen LogP contribution in [-0.2, 0) is 17.6 Å². The van der Waals surface area contributed by atoms with Crippen molar-refractivity contribution in [2.24, 2.45) is 0 Å². The normalized spacial score (nSPS) is 15.1. The van der Waals surface area contributed by atoms with Gasteiger partial charge in [0.2, 0.25) is 5.91 Å². The first-order chi connectivity index (χ1) is 17.9. The Bertz CT molecular complexity index is 1450. The minimum atomic E-state index is -0.622. The third-order valence-corrected chi connectivity index (χ3v) is 6.65. The van der Waals surface area contributed by atoms with Gasteiger partial charge in [0.25, 0.3) is 5.91 Å². The summed E-state index contributed by atoms with van der Waals surface area (Å²) in [4.78, 5) is 38.0. The Balaban J connectivity index is 1.32. The predicted octanol–water partition coefficient (Wildman–Crippen LogP) is 3.43. The second-order valence-electron chi connectivity index (χ2n) is 9.37. The smallest absolute Gasteiger partial charge is 0.251 e. The molecule has 0 radical (unpaired) electrons. The molecule has 37 heavy (non-hydrogen) atoms. The number of aryl methyl sites for hydroxylation is 2. The molecule has 190 valence electrons. The van der Waals surface area contributed by atoms with E-state index in [1.54, 1.807) is 6.07 Å². The van der Waals surface area contributed by atoms with E-state index in [1.165, 1.54) is 0 Å². The molecule has 2 atom stereocenters. The van der Waals surface area contributed by atoms with Crippen LogP contribution < -0.4 is 21.7 Å². The zero-order chi connectivity index (χ0) is 25.9. The van der Waals surface area contributed by atoms with Crippen LogP contribution in [0.15, 0.2) is 54.6 Å². The minimum absolute atomic E-state index is 0.0437. The first-order valence-electron chi connectivity index (χ1n) is 12.6. The molecule has 3 heterocycles. The van der Waals surface area contributed by atoms with E-state index in [2.05, 4.69) is 30.9 Å². The molecule has 2 amide bonds. The highest BCUT2D eigenvalue weighted by Gasteiger charge is 2.27. The third kappa shape index (κ3) is 5.25. The van der Waals surface area contributed by atoms with Gasteiger partial charge in [-0.2, -0.15) is 0 Å². The van der Waals surface area contributed by atoms with Crippen LogP contribution in [0.4, 0.5) is 11.5 Å². The lowest BCUT2D eigenvalue weighted by Gasteiger charge is -2.18. The van der Waals surface area contributed by atoms with Crippen molar-refractivity contribution in [2.75, 3.05) is 17.6 Å². The van der Waals surface area contributed by atoms with Crippen molar-refractivity contribution in [3.05, 3.63) is 82.7 Å². The van der Waals surface area contributed by atoms with E-state index >= 15 is 0 Å². The van der Waals surface area contributed by atoms with Crippen molar-refractivity contribution in [1.82, 2.24) is 25.6 Å². The van der Waals surface area contributed by atoms with Gasteiger partial charge in [0, 0.05) is 23.4 Å². The number of pyridine rings is 1. The second kappa shape index (κ2) is 10.3. The quantitative estimate of drug-likeness (QED) is 0.253. The molecule has 2 aromatic carbocycles. The Hall–Kier alpha value is -4.40. The first-order valence-corrected chi connectivity index (χ1v) is 12.6. The number of aromatic nitrogens is 3. The van der Waals surface area contributed by atoms with Crippen molar-refractivity contribution < 1.29 is 9.59 Å². The highest BCUT2D eigenvalue weighted by atomic mass is 16.2. The fraction of sp³-hybridized carbons (Fsp3) is 0.286. The maximum absolute atomic E-state index is 13.2. The lowest BCUT2D eigenvalue weighted by atomic mass is 10.0. The Labute approximate surface area is 215 Å². The number of nitrogens with one attached hydrogen (secondary N) is 4. The molecule has 0 bridgehead atoms. The molecule has 2 unspecified atom stereocenters. The van der Waals surface area contributed by atoms with Crippen molar-refractivity contribution in [1.29, 1.82) is 0 Å². The Morgan fingerprint density at radius 2 is 1.95 bits per heavy atom. The van der Waals surface area contributed by atoms with Gasteiger partial charge in [0.15, 0.2) is 5.65 Å². The zero-order valence-corrected chi connectivity index (χ0v) is 21.0. The number of likely N-dealkylation sites (N-methyl/N-ethyl adjacent to an activating group) is 1. The first kappa shape index (κ1) is 24.3. The van der Waals surface area contributed by atoms with E-state index in [1.807, 2.05) is 62.4 Å². The van der Waals surface area contributed by atoms with E-state index in [9.17, 15) is 9.59 Å². The number of nitrogens with two attached hydrogens (primary N) is 1. The summed E-state index contributed by atoms with van der Waals surface area (Å²) in [6.07, 6.45) is 1.88. The average molecular weight is 498 g/mol. The lowest BCUT2D eigenvalue weighted by molar-refractivity contribution is -0.123. The van der Waals surface area contributed by atoms with Crippen molar-refractivity contribution >= 4 is 34.5 Å². The minimum Gasteiger partial charge on any atom is -0.384 e. The summed E-state index contributed by atoms with van der Waals surface area (Å²) in [5.74, 6) is 0.755. The maximum Gasteiger partial charge on any atom is 0.251 e. The Kier molecular flexibility index (Phi) is 6.76. The van der Waals surface area contributed by atoms with Crippen LogP contribution in [0.2, 0.25) is 0 Å². The monoisotopic (exact) mass is 497 g/mol. The largest absolute Gasteiger partial charge is 0.384 e. The molecule has 4 aromatic rings. The van der Waals surface area contributed by atoms with Crippen LogP contribution >= 0.6 is 0 Å². The van der Waals surface area contributed by atoms with Gasteiger partial charge >= 0.3 is 0 Å². The van der Waals surface area contributed by atoms with E-state index in [0.717, 1.165) is 33.7 Å². The molecular weight excluding hydrogens is 466 g/mol. The summed E-state index contributed by atoms with van der Waals surface area (Å²) in [7, 11) is 0. The number of carbonyl (C=O) groups excluding carboxylic acids is 2. The van der Waals surface area contributed by atoms with Gasteiger partial charge in [-0.05, 0) is 68.5 Å². The van der Waals surface area contributed by atoms with E-state index < -0.39 is 6.04 Å². The van der Waals surface area contributed by atoms with Crippen molar-refractivity contribution in [3.63, 3.8) is 0 Å². The molecule has 0 saturated carbocycles. The summed E-state index contributed by atoms with van der Waals surface area (Å²) in [6, 6.07) is 16.7. The molecule has 0 aliphatic carbocycles. The molecule has 0 fully saturated rings. The van der Waals surface area contributed by atoms with E-state index in [4.69, 9.17) is 5.73 Å². The van der Waals surface area contributed by atoms with Gasteiger partial charge in [-0.25, -0.2) is 9.97 Å². The van der Waals surface area contributed by atoms with Crippen molar-refractivity contribution in [2.45, 2.75) is 45.2 Å². The topological polar surface area (TPSA) is 138 Å². The molecule has 0 saturated heterocycles. The molecular formula is C28H31N7O2. The number of hydrogen-bond acceptors (Lipinski definition) is 6. The molecule has 1 aliphatic heterocycles. The highest BCUT2D eigenvalue weighted by Crippen LogP contribution is 2.37. The van der Waals surface area contributed by atoms with Crippen LogP contribution in [0, 0.1) is 6.92 Å². The van der Waals surface area contributed by atoms with E-state index in [-0.39, 0.29) is 17.9 Å². The molecule has 1 aliphatic rings. The summed E-state index contributed by atoms with van der Waals surface area (Å²) in [6.45, 7) is 4.26. The fourth-order valence-corrected chi connectivity index (χ4v) is 4.87. The SMILES string of the molecule is CCNC(=O)C(CCc1ccccc1)NC(=O)c1ccc2c(c1)CC(c1cc(N)nc3[nH]c(C)nc13)N2. The number of nitrogens with zero attached hydrogens (tertiary/aromatic N) is 2. The number of rotatable bonds is 8. The van der Waals surface area contributed by atoms with Gasteiger partial charge in [-0.15, -0.1) is 0 Å². The molecule has 0 spiro atoms. The van der Waals surface area contributed by atoms with Gasteiger partial charge < -0.3 is 26.7 Å². The number of aromatic amines is 1. The predicted molar refractivity (Wildman–Crippen MR) is 144 cm³/mol. The molecule has 5 rings (SSSR count). The molecule has 9 nitrogen and oxygen atoms in total. The number of carbonyl (C=O) groups is 2. The number of fused-ring (bicyclic) bond motifs is 2. The number of anilines is 2. The third-order valence-electron chi connectivity index (χ3n) is 6.65. The fourth-order valence-electron chi connectivity index (χ4n) is 4.87. The van der Waals surface area contributed by atoms with Crippen LogP contribution in [0.5, 0.6) is 0 Å². The number of imidazole rings is 1. The van der Waals surface area contributed by atoms with Gasteiger partial charge in [-0.1, -0.05) is 30.3 Å². The Morgan fingerprint density at radius 3 is 2.73 bits per heavy atom. The van der Waals surface area contributed by atoms with Crippen LogP contribution in [0.3, 0.4) is 0 Å². The molecule has 2 aromatic heterocycles. The van der Waals surface area contributed by atoms with Gasteiger partial charge in [0.05, 0.1) is 6.04 Å². The zero-order valence-electron chi connectivity index (χ0n) is 21.0. The number of nitrogen functional groups attached to an aromatic ring is 1. The summed E-state index contributed by atoms with van der Waals surface area (Å²) >= 11 is 0. The van der Waals surface area contributed by atoms with Crippen LogP contribution in [0.1, 0.15) is 52.3 Å². The number of H-pyrrole nitrogens is 1. The standard InChI is InChI=1S/C28H31N7O2/c1-3-30-28(37)22(11-9-17-7-5-4-6-8-17)34-27(36)18-10-12-21-19(13-18)14-23(33-21)20-15-24(29)35-26-25(20)31-16(2)32-26/h4-8,10,12-13,15,22-23,33H,3,9,11,14H2,1-2H3,(H,30,37)(H,34,36)(H3,29,31,32,35). The number of hydrogen-bond donors (Lipinski definition) is 5. The second-order valence-corrected chi connectivity index (χ2v) is 9.37. The maximum atomic E-state index is 13.2. The van der Waals surface area contributed by atoms with E-state index in [0.29, 0.717) is 42.8 Å². The van der Waals surface area contributed by atoms with Crippen molar-refractivity contribution in [3.8, 4) is 0 Å². The average Bonchev–Trinajstić information content (AvgIpc) is 3.48.